The van der Waals surface area contributed by atoms with Gasteiger partial charge in [0.15, 0.2) is 0 Å². The van der Waals surface area contributed by atoms with Gasteiger partial charge in [-0.25, -0.2) is 4.79 Å². The van der Waals surface area contributed by atoms with Gasteiger partial charge in [0.2, 0.25) is 5.91 Å². The number of urea groups is 1. The van der Waals surface area contributed by atoms with Crippen molar-refractivity contribution >= 4 is 33.8 Å². The maximum absolute atomic E-state index is 12.7. The van der Waals surface area contributed by atoms with E-state index in [4.69, 9.17) is 4.42 Å². The van der Waals surface area contributed by atoms with Crippen molar-refractivity contribution in [3.63, 3.8) is 0 Å². The van der Waals surface area contributed by atoms with E-state index in [0.29, 0.717) is 25.1 Å². The average Bonchev–Trinajstić information content (AvgIpc) is 3.43. The highest BCUT2D eigenvalue weighted by Crippen LogP contribution is 2.35. The highest BCUT2D eigenvalue weighted by atomic mass is 79.9. The number of nitrogens with zero attached hydrogens (tertiary/aromatic N) is 2. The van der Waals surface area contributed by atoms with E-state index in [2.05, 4.69) is 21.2 Å². The number of hydrogen-bond acceptors (Lipinski definition) is 4. The van der Waals surface area contributed by atoms with Gasteiger partial charge < -0.3 is 14.6 Å². The van der Waals surface area contributed by atoms with Crippen LogP contribution in [0.1, 0.15) is 37.9 Å². The van der Waals surface area contributed by atoms with Crippen molar-refractivity contribution in [3.8, 4) is 11.3 Å². The second-order valence-corrected chi connectivity index (χ2v) is 8.86. The van der Waals surface area contributed by atoms with Crippen molar-refractivity contribution in [1.82, 2.24) is 15.1 Å². The summed E-state index contributed by atoms with van der Waals surface area (Å²) in [5.74, 6) is 1.07. The molecule has 1 N–H and O–H groups in total. The summed E-state index contributed by atoms with van der Waals surface area (Å²) in [5.41, 5.74) is 0.224. The number of nitrogens with one attached hydrogen (secondary N) is 1. The van der Waals surface area contributed by atoms with Crippen LogP contribution < -0.4 is 5.32 Å². The number of halogens is 1. The quantitative estimate of drug-likeness (QED) is 0.644. The first-order chi connectivity index (χ1) is 14.4. The first-order valence-electron chi connectivity index (χ1n) is 10.1. The Labute approximate surface area is 183 Å². The van der Waals surface area contributed by atoms with Crippen LogP contribution >= 0.6 is 15.9 Å². The van der Waals surface area contributed by atoms with Crippen molar-refractivity contribution in [2.45, 2.75) is 44.2 Å². The minimum absolute atomic E-state index is 0.0893. The van der Waals surface area contributed by atoms with E-state index in [1.54, 1.807) is 11.9 Å². The van der Waals surface area contributed by atoms with E-state index in [0.717, 1.165) is 28.6 Å². The van der Waals surface area contributed by atoms with Crippen molar-refractivity contribution < 1.29 is 18.8 Å². The lowest BCUT2D eigenvalue weighted by molar-refractivity contribution is -0.133. The fraction of sp³-hybridized carbons (Fsp3) is 0.409. The molecule has 1 spiro atoms. The minimum atomic E-state index is -0.733. The van der Waals surface area contributed by atoms with Gasteiger partial charge in [0.25, 0.3) is 5.91 Å². The molecular weight excluding hydrogens is 450 g/mol. The molecule has 158 valence electrons. The molecule has 4 amide bonds. The lowest BCUT2D eigenvalue weighted by Crippen LogP contribution is -2.44. The molecule has 0 bridgehead atoms. The Bertz CT molecular complexity index is 963. The average molecular weight is 474 g/mol. The summed E-state index contributed by atoms with van der Waals surface area (Å²) in [6.07, 6.45) is 3.33. The Morgan fingerprint density at radius 1 is 1.17 bits per heavy atom. The summed E-state index contributed by atoms with van der Waals surface area (Å²) in [6.45, 7) is 0.414. The Balaban J connectivity index is 1.32. The van der Waals surface area contributed by atoms with Gasteiger partial charge in [-0.3, -0.25) is 14.5 Å². The number of amides is 4. The number of rotatable bonds is 6. The van der Waals surface area contributed by atoms with Gasteiger partial charge in [0, 0.05) is 30.0 Å². The van der Waals surface area contributed by atoms with Crippen LogP contribution in [0.2, 0.25) is 0 Å². The molecule has 2 aliphatic rings. The van der Waals surface area contributed by atoms with Gasteiger partial charge in [-0.15, -0.1) is 0 Å². The van der Waals surface area contributed by atoms with E-state index in [1.165, 1.54) is 4.90 Å². The zero-order chi connectivity index (χ0) is 21.3. The minimum Gasteiger partial charge on any atom is -0.459 e. The number of furan rings is 1. The summed E-state index contributed by atoms with van der Waals surface area (Å²) in [6, 6.07) is 11.1. The molecule has 2 aromatic rings. The van der Waals surface area contributed by atoms with Crippen molar-refractivity contribution in [2.75, 3.05) is 13.6 Å². The normalized spacial score (nSPS) is 17.6. The third kappa shape index (κ3) is 4.01. The third-order valence-electron chi connectivity index (χ3n) is 5.86. The van der Waals surface area contributed by atoms with E-state index in [1.807, 2.05) is 36.4 Å². The summed E-state index contributed by atoms with van der Waals surface area (Å²) in [4.78, 5) is 40.2. The second-order valence-electron chi connectivity index (χ2n) is 7.95. The monoisotopic (exact) mass is 473 g/mol. The summed E-state index contributed by atoms with van der Waals surface area (Å²) >= 11 is 3.41. The molecule has 30 heavy (non-hydrogen) atoms. The number of hydrogen-bond donors (Lipinski definition) is 1. The number of imide groups is 1. The predicted octanol–water partition coefficient (Wildman–Crippen LogP) is 3.92. The van der Waals surface area contributed by atoms with Crippen LogP contribution in [0.15, 0.2) is 45.3 Å². The maximum atomic E-state index is 12.7. The molecule has 0 radical (unpaired) electrons. The van der Waals surface area contributed by atoms with Gasteiger partial charge in [0.1, 0.15) is 17.1 Å². The maximum Gasteiger partial charge on any atom is 0.325 e. The molecule has 1 saturated carbocycles. The first kappa shape index (κ1) is 20.7. The van der Waals surface area contributed by atoms with Crippen molar-refractivity contribution in [1.29, 1.82) is 0 Å². The molecule has 2 heterocycles. The fourth-order valence-corrected chi connectivity index (χ4v) is 4.41. The van der Waals surface area contributed by atoms with Crippen LogP contribution in [-0.4, -0.2) is 46.8 Å². The molecule has 4 rings (SSSR count). The molecule has 1 aliphatic carbocycles. The van der Waals surface area contributed by atoms with E-state index >= 15 is 0 Å². The second kappa shape index (κ2) is 8.26. The van der Waals surface area contributed by atoms with Gasteiger partial charge in [-0.2, -0.15) is 0 Å². The standard InChI is InChI=1S/C22H24BrN3O4/c1-25(14-17-8-9-18(30-17)15-4-6-16(23)7-5-15)19(27)10-13-26-20(28)22(24-21(26)29)11-2-3-12-22/h4-9H,2-3,10-14H2,1H3,(H,24,29). The molecular formula is C22H24BrN3O4. The SMILES string of the molecule is CN(Cc1ccc(-c2ccc(Br)cc2)o1)C(=O)CCN1C(=O)NC2(CCCC2)C1=O. The van der Waals surface area contributed by atoms with Gasteiger partial charge >= 0.3 is 6.03 Å². The number of carbonyl (C=O) groups is 3. The Kier molecular flexibility index (Phi) is 5.69. The summed E-state index contributed by atoms with van der Waals surface area (Å²) in [7, 11) is 1.69. The zero-order valence-corrected chi connectivity index (χ0v) is 18.4. The van der Waals surface area contributed by atoms with Crippen LogP contribution in [0, 0.1) is 0 Å². The molecule has 0 atom stereocenters. The molecule has 7 nitrogen and oxygen atoms in total. The van der Waals surface area contributed by atoms with Crippen molar-refractivity contribution in [2.24, 2.45) is 0 Å². The Morgan fingerprint density at radius 3 is 2.57 bits per heavy atom. The van der Waals surface area contributed by atoms with Crippen molar-refractivity contribution in [3.05, 3.63) is 46.6 Å². The Hall–Kier alpha value is -2.61. The smallest absolute Gasteiger partial charge is 0.325 e. The molecule has 8 heteroatoms. The Morgan fingerprint density at radius 2 is 1.87 bits per heavy atom. The third-order valence-corrected chi connectivity index (χ3v) is 6.39. The van der Waals surface area contributed by atoms with E-state index in [-0.39, 0.29) is 30.8 Å². The molecule has 1 aromatic carbocycles. The molecule has 1 saturated heterocycles. The predicted molar refractivity (Wildman–Crippen MR) is 114 cm³/mol. The van der Waals surface area contributed by atoms with Crippen LogP contribution in [-0.2, 0) is 16.1 Å². The van der Waals surface area contributed by atoms with E-state index < -0.39 is 5.54 Å². The van der Waals surface area contributed by atoms with Crippen LogP contribution in [0.3, 0.4) is 0 Å². The summed E-state index contributed by atoms with van der Waals surface area (Å²) in [5, 5.41) is 2.84. The van der Waals surface area contributed by atoms with Gasteiger partial charge in [-0.05, 0) is 37.1 Å². The molecule has 2 fully saturated rings. The van der Waals surface area contributed by atoms with Gasteiger partial charge in [-0.1, -0.05) is 40.9 Å². The topological polar surface area (TPSA) is 82.9 Å². The lowest BCUT2D eigenvalue weighted by atomic mass is 9.98. The van der Waals surface area contributed by atoms with Crippen LogP contribution in [0.25, 0.3) is 11.3 Å². The van der Waals surface area contributed by atoms with Crippen LogP contribution in [0.5, 0.6) is 0 Å². The lowest BCUT2D eigenvalue weighted by Gasteiger charge is -2.21. The van der Waals surface area contributed by atoms with Gasteiger partial charge in [0.05, 0.1) is 6.54 Å². The molecule has 1 aliphatic heterocycles. The fourth-order valence-electron chi connectivity index (χ4n) is 4.15. The van der Waals surface area contributed by atoms with Crippen LogP contribution in [0.4, 0.5) is 4.79 Å². The highest BCUT2D eigenvalue weighted by Gasteiger charge is 2.52. The summed E-state index contributed by atoms with van der Waals surface area (Å²) < 4.78 is 6.86. The number of benzene rings is 1. The molecule has 0 unspecified atom stereocenters. The zero-order valence-electron chi connectivity index (χ0n) is 16.8. The van der Waals surface area contributed by atoms with E-state index in [9.17, 15) is 14.4 Å². The number of carbonyl (C=O) groups excluding carboxylic acids is 3. The highest BCUT2D eigenvalue weighted by molar-refractivity contribution is 9.10. The molecule has 1 aromatic heterocycles. The first-order valence-corrected chi connectivity index (χ1v) is 10.9. The largest absolute Gasteiger partial charge is 0.459 e.